The summed E-state index contributed by atoms with van der Waals surface area (Å²) in [4.78, 5) is 36.1. The molecule has 0 aliphatic rings. The van der Waals surface area contributed by atoms with Crippen molar-refractivity contribution in [2.45, 2.75) is 23.6 Å². The van der Waals surface area contributed by atoms with Crippen LogP contribution in [0.25, 0.3) is 33.8 Å². The van der Waals surface area contributed by atoms with Crippen LogP contribution in [-0.2, 0) is 29.3 Å². The lowest BCUT2D eigenvalue weighted by atomic mass is 10.1. The Bertz CT molecular complexity index is 2720. The number of anilines is 3. The van der Waals surface area contributed by atoms with Crippen LogP contribution >= 0.6 is 11.3 Å². The molecule has 7 rings (SSSR count). The van der Waals surface area contributed by atoms with Gasteiger partial charge in [0, 0.05) is 30.6 Å². The molecule has 0 radical (unpaired) electrons. The van der Waals surface area contributed by atoms with Gasteiger partial charge in [0.1, 0.15) is 5.00 Å². The maximum absolute atomic E-state index is 11.8. The second-order valence-corrected chi connectivity index (χ2v) is 16.9. The van der Waals surface area contributed by atoms with E-state index in [1.54, 1.807) is 65.3 Å². The standard InChI is InChI=1S/C17H17N5O4S.C17H15N5O2S2/c1-11(23)18-10-16(24)20-17-19-15-8-4-7-14(22(15)21-17)12-5-3-6-13(9-12)27(2,25)26;1-11-18-10-16(25-11)20-17-19-15-8-4-7-14(22(15)21-17)12-5-3-6-13(9-12)26(2,23)24/h3-9H,10H2,1-2H3,(H,18,23)(H,20,21,24);3-10H,1-2H3,(H,20,21). The molecule has 2 aromatic carbocycles. The molecule has 5 heterocycles. The fourth-order valence-electron chi connectivity index (χ4n) is 5.03. The van der Waals surface area contributed by atoms with Gasteiger partial charge >= 0.3 is 0 Å². The number of aryl methyl sites for hydroxylation is 1. The van der Waals surface area contributed by atoms with Gasteiger partial charge in [-0.1, -0.05) is 36.4 Å². The summed E-state index contributed by atoms with van der Waals surface area (Å²) in [5.41, 5.74) is 3.91. The Morgan fingerprint density at radius 3 is 1.74 bits per heavy atom. The zero-order valence-corrected chi connectivity index (χ0v) is 31.1. The highest BCUT2D eigenvalue weighted by atomic mass is 32.2. The minimum atomic E-state index is -3.35. The molecule has 272 valence electrons. The maximum Gasteiger partial charge on any atom is 0.249 e. The van der Waals surface area contributed by atoms with Crippen LogP contribution in [0.5, 0.6) is 0 Å². The molecule has 7 aromatic rings. The van der Waals surface area contributed by atoms with Gasteiger partial charge in [-0.2, -0.15) is 9.97 Å². The van der Waals surface area contributed by atoms with E-state index in [2.05, 4.69) is 41.1 Å². The summed E-state index contributed by atoms with van der Waals surface area (Å²) in [7, 11) is -6.63. The maximum atomic E-state index is 11.8. The first-order valence-electron chi connectivity index (χ1n) is 15.7. The molecule has 0 aliphatic carbocycles. The van der Waals surface area contributed by atoms with Gasteiger partial charge in [0.2, 0.25) is 23.7 Å². The van der Waals surface area contributed by atoms with Crippen molar-refractivity contribution in [2.75, 3.05) is 29.7 Å². The van der Waals surface area contributed by atoms with E-state index in [1.807, 2.05) is 31.2 Å². The molecule has 0 bridgehead atoms. The molecule has 0 saturated carbocycles. The second kappa shape index (κ2) is 14.9. The van der Waals surface area contributed by atoms with Gasteiger partial charge < -0.3 is 10.6 Å². The lowest BCUT2D eigenvalue weighted by molar-refractivity contribution is -0.122. The van der Waals surface area contributed by atoms with E-state index in [-0.39, 0.29) is 28.2 Å². The Morgan fingerprint density at radius 1 is 0.736 bits per heavy atom. The van der Waals surface area contributed by atoms with Gasteiger partial charge in [0.25, 0.3) is 0 Å². The van der Waals surface area contributed by atoms with Crippen molar-refractivity contribution in [1.29, 1.82) is 0 Å². The molecule has 5 aromatic heterocycles. The highest BCUT2D eigenvalue weighted by molar-refractivity contribution is 7.91. The van der Waals surface area contributed by atoms with E-state index in [0.29, 0.717) is 28.5 Å². The number of nitrogens with one attached hydrogen (secondary N) is 3. The van der Waals surface area contributed by atoms with E-state index in [1.165, 1.54) is 35.1 Å². The van der Waals surface area contributed by atoms with Crippen molar-refractivity contribution in [2.24, 2.45) is 0 Å². The number of fused-ring (bicyclic) bond motifs is 2. The molecule has 0 unspecified atom stereocenters. The molecular weight excluding hydrogens is 741 g/mol. The molecule has 0 atom stereocenters. The van der Waals surface area contributed by atoms with Gasteiger partial charge in [-0.15, -0.1) is 21.5 Å². The van der Waals surface area contributed by atoms with E-state index < -0.39 is 25.6 Å². The summed E-state index contributed by atoms with van der Waals surface area (Å²) >= 11 is 1.52. The molecule has 0 saturated heterocycles. The van der Waals surface area contributed by atoms with Crippen molar-refractivity contribution in [3.05, 3.63) is 96.1 Å². The van der Waals surface area contributed by atoms with Crippen molar-refractivity contribution >= 4 is 71.0 Å². The van der Waals surface area contributed by atoms with Gasteiger partial charge in [0.05, 0.1) is 38.9 Å². The average molecular weight is 773 g/mol. The number of benzene rings is 2. The minimum Gasteiger partial charge on any atom is -0.347 e. The van der Waals surface area contributed by atoms with Gasteiger partial charge in [0.15, 0.2) is 31.0 Å². The molecule has 16 nitrogen and oxygen atoms in total. The molecule has 0 spiro atoms. The van der Waals surface area contributed by atoms with Crippen LogP contribution in [0.15, 0.2) is 101 Å². The number of hydrogen-bond acceptors (Lipinski definition) is 13. The van der Waals surface area contributed by atoms with Gasteiger partial charge in [-0.3, -0.25) is 14.9 Å². The van der Waals surface area contributed by atoms with Crippen molar-refractivity contribution in [1.82, 2.24) is 39.5 Å². The molecule has 2 amide bonds. The minimum absolute atomic E-state index is 0.0806. The SMILES string of the molecule is CC(=O)NCC(=O)Nc1nc2cccc(-c3cccc(S(C)(=O)=O)c3)n2n1.Cc1ncc(Nc2nc3cccc(-c4cccc(S(C)(=O)=O)c4)n3n2)s1. The largest absolute Gasteiger partial charge is 0.347 e. The zero-order valence-electron chi connectivity index (χ0n) is 28.7. The lowest BCUT2D eigenvalue weighted by Gasteiger charge is -2.06. The van der Waals surface area contributed by atoms with Crippen LogP contribution in [0.1, 0.15) is 11.9 Å². The summed E-state index contributed by atoms with van der Waals surface area (Å²) in [5.74, 6) is -0.236. The molecule has 19 heteroatoms. The van der Waals surface area contributed by atoms with Crippen molar-refractivity contribution < 1.29 is 26.4 Å². The number of rotatable bonds is 9. The van der Waals surface area contributed by atoms with Crippen LogP contribution in [0, 0.1) is 6.92 Å². The predicted octanol–water partition coefficient (Wildman–Crippen LogP) is 4.18. The highest BCUT2D eigenvalue weighted by Crippen LogP contribution is 2.26. The van der Waals surface area contributed by atoms with E-state index in [9.17, 15) is 26.4 Å². The first-order chi connectivity index (χ1) is 25.1. The Hall–Kier alpha value is -6.05. The quantitative estimate of drug-likeness (QED) is 0.189. The average Bonchev–Trinajstić information content (AvgIpc) is 3.84. The fourth-order valence-corrected chi connectivity index (χ4v) is 7.03. The third-order valence-electron chi connectivity index (χ3n) is 7.44. The monoisotopic (exact) mass is 772 g/mol. The van der Waals surface area contributed by atoms with Crippen LogP contribution in [0.3, 0.4) is 0 Å². The van der Waals surface area contributed by atoms with E-state index in [4.69, 9.17) is 0 Å². The summed E-state index contributed by atoms with van der Waals surface area (Å²) in [6, 6.07) is 24.1. The molecular formula is C34H32N10O6S3. The first-order valence-corrected chi connectivity index (χ1v) is 20.3. The number of pyridine rings is 2. The van der Waals surface area contributed by atoms with Gasteiger partial charge in [-0.25, -0.2) is 30.9 Å². The van der Waals surface area contributed by atoms with E-state index in [0.717, 1.165) is 27.5 Å². The highest BCUT2D eigenvalue weighted by Gasteiger charge is 2.15. The van der Waals surface area contributed by atoms with Crippen LogP contribution in [0.4, 0.5) is 16.9 Å². The summed E-state index contributed by atoms with van der Waals surface area (Å²) in [5, 5.41) is 18.6. The molecule has 3 N–H and O–H groups in total. The first kappa shape index (κ1) is 36.7. The topological polar surface area (TPSA) is 212 Å². The third-order valence-corrected chi connectivity index (χ3v) is 10.5. The Kier molecular flexibility index (Phi) is 10.3. The van der Waals surface area contributed by atoms with Crippen LogP contribution in [-0.4, -0.2) is 81.9 Å². The summed E-state index contributed by atoms with van der Waals surface area (Å²) < 4.78 is 50.5. The Labute approximate surface area is 307 Å². The number of carbonyl (C=O) groups is 2. The lowest BCUT2D eigenvalue weighted by Crippen LogP contribution is -2.31. The number of carbonyl (C=O) groups excluding carboxylic acids is 2. The van der Waals surface area contributed by atoms with Crippen molar-refractivity contribution in [3.63, 3.8) is 0 Å². The van der Waals surface area contributed by atoms with Crippen LogP contribution in [0.2, 0.25) is 0 Å². The molecule has 0 aliphatic heterocycles. The van der Waals surface area contributed by atoms with Gasteiger partial charge in [-0.05, 0) is 55.5 Å². The van der Waals surface area contributed by atoms with E-state index >= 15 is 0 Å². The number of amides is 2. The summed E-state index contributed by atoms with van der Waals surface area (Å²) in [6.45, 7) is 3.06. The fraction of sp³-hybridized carbons (Fsp3) is 0.147. The normalized spacial score (nSPS) is 11.5. The zero-order chi connectivity index (χ0) is 37.9. The summed E-state index contributed by atoms with van der Waals surface area (Å²) in [6.07, 6.45) is 4.08. The number of thiazole rings is 1. The number of hydrogen-bond donors (Lipinski definition) is 3. The van der Waals surface area contributed by atoms with Crippen LogP contribution < -0.4 is 16.0 Å². The Morgan fingerprint density at radius 2 is 1.25 bits per heavy atom. The molecule has 0 fully saturated rings. The number of sulfone groups is 2. The number of aromatic nitrogens is 7. The third kappa shape index (κ3) is 8.88. The Balaban J connectivity index is 0.000000181. The predicted molar refractivity (Wildman–Crippen MR) is 201 cm³/mol. The van der Waals surface area contributed by atoms with Crippen molar-refractivity contribution in [3.8, 4) is 22.5 Å². The smallest absolute Gasteiger partial charge is 0.249 e. The molecule has 53 heavy (non-hydrogen) atoms. The second-order valence-electron chi connectivity index (χ2n) is 11.7. The number of nitrogens with zero attached hydrogens (tertiary/aromatic N) is 7.